The predicted molar refractivity (Wildman–Crippen MR) is 151 cm³/mol. The lowest BCUT2D eigenvalue weighted by Crippen LogP contribution is -2.39. The Balaban J connectivity index is 1.20. The molecule has 3 fully saturated rings. The number of nitrogens with one attached hydrogen (secondary N) is 1. The minimum absolute atomic E-state index is 0.0502. The van der Waals surface area contributed by atoms with Crippen molar-refractivity contribution in [3.8, 4) is 0 Å². The van der Waals surface area contributed by atoms with Gasteiger partial charge in [-0.3, -0.25) is 14.4 Å². The van der Waals surface area contributed by atoms with Gasteiger partial charge in [0.1, 0.15) is 17.2 Å². The van der Waals surface area contributed by atoms with Crippen LogP contribution in [0.25, 0.3) is 0 Å². The maximum Gasteiger partial charge on any atom is 0.261 e. The van der Waals surface area contributed by atoms with Gasteiger partial charge in [-0.05, 0) is 68.7 Å². The van der Waals surface area contributed by atoms with Crippen LogP contribution in [-0.4, -0.2) is 84.1 Å². The van der Waals surface area contributed by atoms with Gasteiger partial charge in [0.25, 0.3) is 5.91 Å². The second-order valence-corrected chi connectivity index (χ2v) is 14.2. The van der Waals surface area contributed by atoms with E-state index in [4.69, 9.17) is 22.1 Å². The maximum absolute atomic E-state index is 13.5. The Labute approximate surface area is 238 Å². The fourth-order valence-corrected chi connectivity index (χ4v) is 8.72. The number of nitrogens with zero attached hydrogens (tertiary/aromatic N) is 3. The van der Waals surface area contributed by atoms with E-state index in [1.165, 1.54) is 22.9 Å². The number of carbonyl (C=O) groups excluding carboxylic acids is 1. The van der Waals surface area contributed by atoms with Crippen LogP contribution in [0.1, 0.15) is 54.1 Å². The molecule has 3 aliphatic rings. The van der Waals surface area contributed by atoms with Gasteiger partial charge in [0.2, 0.25) is 0 Å². The first-order valence-electron chi connectivity index (χ1n) is 13.7. The second-order valence-electron chi connectivity index (χ2n) is 11.6. The Morgan fingerprint density at radius 3 is 2.60 bits per heavy atom. The highest BCUT2D eigenvalue weighted by atomic mass is 35.5. The van der Waals surface area contributed by atoms with Crippen LogP contribution in [0.4, 0.5) is 15.9 Å². The van der Waals surface area contributed by atoms with E-state index in [1.54, 1.807) is 7.05 Å². The Morgan fingerprint density at radius 2 is 1.95 bits per heavy atom. The molecule has 13 heteroatoms. The molecule has 1 amide bonds. The Hall–Kier alpha value is -2.25. The summed E-state index contributed by atoms with van der Waals surface area (Å²) in [7, 11) is -1.73. The highest BCUT2D eigenvalue weighted by Crippen LogP contribution is 2.54. The van der Waals surface area contributed by atoms with Gasteiger partial charge in [0, 0.05) is 31.7 Å². The van der Waals surface area contributed by atoms with E-state index >= 15 is 0 Å². The molecule has 2 aliphatic carbocycles. The molecule has 220 valence electrons. The van der Waals surface area contributed by atoms with Crippen LogP contribution in [0.3, 0.4) is 0 Å². The molecule has 5 rings (SSSR count). The summed E-state index contributed by atoms with van der Waals surface area (Å²) in [6.07, 6.45) is 2.74. The molecule has 2 heterocycles. The molecule has 2 aromatic rings. The van der Waals surface area contributed by atoms with E-state index in [-0.39, 0.29) is 45.7 Å². The van der Waals surface area contributed by atoms with Crippen molar-refractivity contribution < 1.29 is 27.4 Å². The van der Waals surface area contributed by atoms with Gasteiger partial charge in [-0.15, -0.1) is 0 Å². The number of aromatic nitrogens is 2. The number of rotatable bonds is 9. The topological polar surface area (TPSA) is 140 Å². The molecule has 1 aliphatic heterocycles. The van der Waals surface area contributed by atoms with Crippen molar-refractivity contribution in [2.24, 2.45) is 18.9 Å². The zero-order chi connectivity index (χ0) is 28.7. The van der Waals surface area contributed by atoms with E-state index in [2.05, 4.69) is 15.3 Å². The minimum Gasteiger partial charge on any atom is -0.389 e. The first-order chi connectivity index (χ1) is 18.9. The lowest BCUT2D eigenvalue weighted by molar-refractivity contribution is 0.0380. The lowest BCUT2D eigenvalue weighted by Gasteiger charge is -2.27. The quantitative estimate of drug-likeness (QED) is 0.401. The number of anilines is 2. The standard InChI is InChI=1S/C27H37ClFN5O5S/c1-33-25(30)23(26(35)31-20-3-4-22(29)21(28)13-20)24(32-33)17-11-18-14-27(36,15-19(18)12-17)16-40(37,38)10-2-5-34-6-8-39-9-7-34/h3-4,13,17-19,36H,2,5-12,14-16,30H2,1H3,(H,31,35). The smallest absolute Gasteiger partial charge is 0.261 e. The molecule has 10 nitrogen and oxygen atoms in total. The number of hydrogen-bond acceptors (Lipinski definition) is 8. The molecule has 1 aromatic carbocycles. The number of morpholine rings is 1. The molecule has 40 heavy (non-hydrogen) atoms. The number of fused-ring (bicyclic) bond motifs is 1. The fraction of sp³-hybridized carbons (Fsp3) is 0.630. The monoisotopic (exact) mass is 597 g/mol. The summed E-state index contributed by atoms with van der Waals surface area (Å²) in [5.41, 5.74) is 6.19. The van der Waals surface area contributed by atoms with E-state index in [9.17, 15) is 22.7 Å². The molecule has 1 aromatic heterocycles. The van der Waals surface area contributed by atoms with Crippen LogP contribution in [0, 0.1) is 17.7 Å². The summed E-state index contributed by atoms with van der Waals surface area (Å²) >= 11 is 5.86. The number of ether oxygens (including phenoxy) is 1. The average Bonchev–Trinajstić information content (AvgIpc) is 3.50. The van der Waals surface area contributed by atoms with E-state index in [1.807, 2.05) is 0 Å². The van der Waals surface area contributed by atoms with Crippen molar-refractivity contribution >= 4 is 38.9 Å². The summed E-state index contributed by atoms with van der Waals surface area (Å²) in [6.45, 7) is 3.71. The molecular formula is C27H37ClFN5O5S. The molecule has 0 radical (unpaired) electrons. The van der Waals surface area contributed by atoms with E-state index in [0.29, 0.717) is 63.2 Å². The highest BCUT2D eigenvalue weighted by molar-refractivity contribution is 7.91. The van der Waals surface area contributed by atoms with Gasteiger partial charge in [-0.25, -0.2) is 12.8 Å². The predicted octanol–water partition coefficient (Wildman–Crippen LogP) is 2.82. The number of nitrogen functional groups attached to an aromatic ring is 1. The summed E-state index contributed by atoms with van der Waals surface area (Å²) in [5, 5.41) is 18.5. The zero-order valence-electron chi connectivity index (χ0n) is 22.6. The first-order valence-corrected chi connectivity index (χ1v) is 15.9. The summed E-state index contributed by atoms with van der Waals surface area (Å²) < 4.78 is 46.1. The van der Waals surface area contributed by atoms with Gasteiger partial charge in [-0.2, -0.15) is 5.10 Å². The molecular weight excluding hydrogens is 561 g/mol. The van der Waals surface area contributed by atoms with E-state index in [0.717, 1.165) is 13.1 Å². The largest absolute Gasteiger partial charge is 0.389 e. The number of aryl methyl sites for hydroxylation is 1. The summed E-state index contributed by atoms with van der Waals surface area (Å²) in [4.78, 5) is 15.4. The molecule has 1 saturated heterocycles. The zero-order valence-corrected chi connectivity index (χ0v) is 24.2. The number of halogens is 2. The Kier molecular flexibility index (Phi) is 8.45. The Morgan fingerprint density at radius 1 is 1.27 bits per heavy atom. The number of sulfone groups is 1. The van der Waals surface area contributed by atoms with Crippen LogP contribution in [0.5, 0.6) is 0 Å². The molecule has 2 atom stereocenters. The third-order valence-electron chi connectivity index (χ3n) is 8.56. The van der Waals surface area contributed by atoms with Crippen molar-refractivity contribution in [3.63, 3.8) is 0 Å². The Bertz CT molecular complexity index is 1350. The number of aliphatic hydroxyl groups is 1. The number of benzene rings is 1. The van der Waals surface area contributed by atoms with Crippen molar-refractivity contribution in [2.45, 2.75) is 43.6 Å². The molecule has 0 spiro atoms. The van der Waals surface area contributed by atoms with Crippen LogP contribution >= 0.6 is 11.6 Å². The summed E-state index contributed by atoms with van der Waals surface area (Å²) in [5.74, 6) is -0.759. The van der Waals surface area contributed by atoms with Gasteiger partial charge >= 0.3 is 0 Å². The molecule has 0 bridgehead atoms. The number of nitrogens with two attached hydrogens (primary N) is 1. The normalized spacial score (nSPS) is 27.1. The van der Waals surface area contributed by atoms with Crippen LogP contribution < -0.4 is 11.1 Å². The van der Waals surface area contributed by atoms with Gasteiger partial charge < -0.3 is 20.9 Å². The van der Waals surface area contributed by atoms with E-state index < -0.39 is 27.2 Å². The van der Waals surface area contributed by atoms with Crippen LogP contribution in [-0.2, 0) is 21.6 Å². The lowest BCUT2D eigenvalue weighted by atomic mass is 9.92. The van der Waals surface area contributed by atoms with Crippen LogP contribution in [0.2, 0.25) is 5.02 Å². The number of amides is 1. The SMILES string of the molecule is Cn1nc(C2CC3CC(O)(CS(=O)(=O)CCCN4CCOCC4)CC3C2)c(C(=O)Nc2ccc(F)c(Cl)c2)c1N. The molecule has 2 unspecified atom stereocenters. The van der Waals surface area contributed by atoms with Crippen molar-refractivity contribution in [1.82, 2.24) is 14.7 Å². The number of hydrogen-bond donors (Lipinski definition) is 3. The van der Waals surface area contributed by atoms with Crippen molar-refractivity contribution in [1.29, 1.82) is 0 Å². The highest BCUT2D eigenvalue weighted by Gasteiger charge is 2.51. The minimum atomic E-state index is -3.40. The second kappa shape index (κ2) is 11.6. The van der Waals surface area contributed by atoms with Crippen LogP contribution in [0.15, 0.2) is 18.2 Å². The first kappa shape index (κ1) is 29.2. The third-order valence-corrected chi connectivity index (χ3v) is 10.7. The van der Waals surface area contributed by atoms with Crippen molar-refractivity contribution in [3.05, 3.63) is 40.3 Å². The van der Waals surface area contributed by atoms with Gasteiger partial charge in [0.05, 0.1) is 41.0 Å². The van der Waals surface area contributed by atoms with Crippen molar-refractivity contribution in [2.75, 3.05) is 55.4 Å². The molecule has 4 N–H and O–H groups in total. The number of carbonyl (C=O) groups is 1. The average molecular weight is 598 g/mol. The molecule has 2 saturated carbocycles. The fourth-order valence-electron chi connectivity index (χ4n) is 6.77. The van der Waals surface area contributed by atoms with Gasteiger partial charge in [0.15, 0.2) is 9.84 Å². The maximum atomic E-state index is 13.5. The summed E-state index contributed by atoms with van der Waals surface area (Å²) in [6, 6.07) is 3.93. The van der Waals surface area contributed by atoms with Gasteiger partial charge in [-0.1, -0.05) is 11.6 Å². The third kappa shape index (κ3) is 6.46.